The smallest absolute Gasteiger partial charge is 0.240 e. The number of halogens is 1. The molecule has 0 saturated heterocycles. The fourth-order valence-corrected chi connectivity index (χ4v) is 3.28. The van der Waals surface area contributed by atoms with E-state index in [1.807, 2.05) is 12.1 Å². The largest absolute Gasteiger partial charge is 0.354 e. The first-order valence-corrected chi connectivity index (χ1v) is 8.60. The highest BCUT2D eigenvalue weighted by Gasteiger charge is 2.17. The van der Waals surface area contributed by atoms with Crippen LogP contribution in [0.3, 0.4) is 0 Å². The second kappa shape index (κ2) is 7.27. The topological polar surface area (TPSA) is 62.7 Å². The van der Waals surface area contributed by atoms with Crippen LogP contribution < -0.4 is 5.32 Å². The van der Waals surface area contributed by atoms with Gasteiger partial charge in [0.2, 0.25) is 5.91 Å². The van der Waals surface area contributed by atoms with E-state index in [0.29, 0.717) is 21.5 Å². The maximum Gasteiger partial charge on any atom is 0.240 e. The number of aromatic amines is 1. The van der Waals surface area contributed by atoms with Crippen LogP contribution in [0.25, 0.3) is 11.4 Å². The maximum atomic E-state index is 12.2. The molecule has 7 heteroatoms. The summed E-state index contributed by atoms with van der Waals surface area (Å²) in [7, 11) is 0. The number of nitrogens with zero attached hydrogens (tertiary/aromatic N) is 2. The summed E-state index contributed by atoms with van der Waals surface area (Å²) in [5.74, 6) is 1.22. The van der Waals surface area contributed by atoms with Crippen molar-refractivity contribution in [3.63, 3.8) is 0 Å². The molecule has 3 rings (SSSR count). The first-order valence-electron chi connectivity index (χ1n) is 7.81. The van der Waals surface area contributed by atoms with E-state index in [0.717, 1.165) is 12.1 Å². The number of carbonyl (C=O) groups excluding carboxylic acids is 1. The molecule has 2 aromatic rings. The van der Waals surface area contributed by atoms with Crippen LogP contribution in [0.4, 0.5) is 0 Å². The van der Waals surface area contributed by atoms with Gasteiger partial charge in [-0.15, -0.1) is 0 Å². The van der Waals surface area contributed by atoms with Crippen molar-refractivity contribution >= 4 is 29.7 Å². The fraction of sp³-hybridized carbons (Fsp3) is 0.438. The third kappa shape index (κ3) is 4.00. The van der Waals surface area contributed by atoms with Crippen molar-refractivity contribution in [3.05, 3.63) is 34.1 Å². The quantitative estimate of drug-likeness (QED) is 0.810. The Morgan fingerprint density at radius 3 is 2.74 bits per heavy atom. The molecule has 1 aromatic carbocycles. The van der Waals surface area contributed by atoms with E-state index < -0.39 is 0 Å². The van der Waals surface area contributed by atoms with Crippen LogP contribution in [0, 0.1) is 10.7 Å². The Morgan fingerprint density at radius 1 is 1.35 bits per heavy atom. The molecule has 1 amide bonds. The SMILES string of the molecule is O=C(Cn1c(-c2ccc(Cl)cc2)n[nH]c1=S)NCC1CCCC1. The van der Waals surface area contributed by atoms with Crippen LogP contribution in [0.1, 0.15) is 25.7 Å². The highest BCUT2D eigenvalue weighted by Crippen LogP contribution is 2.24. The average Bonchev–Trinajstić information content (AvgIpc) is 3.17. The van der Waals surface area contributed by atoms with E-state index >= 15 is 0 Å². The van der Waals surface area contributed by atoms with Gasteiger partial charge in [-0.2, -0.15) is 5.10 Å². The van der Waals surface area contributed by atoms with Crippen LogP contribution in [-0.4, -0.2) is 27.2 Å². The minimum Gasteiger partial charge on any atom is -0.354 e. The number of amides is 1. The summed E-state index contributed by atoms with van der Waals surface area (Å²) < 4.78 is 2.15. The molecule has 0 unspecified atom stereocenters. The van der Waals surface area contributed by atoms with Gasteiger partial charge in [-0.25, -0.2) is 0 Å². The molecule has 1 fully saturated rings. The first-order chi connectivity index (χ1) is 11.1. The third-order valence-corrected chi connectivity index (χ3v) is 4.79. The molecule has 0 bridgehead atoms. The van der Waals surface area contributed by atoms with E-state index in [2.05, 4.69) is 15.5 Å². The lowest BCUT2D eigenvalue weighted by atomic mass is 10.1. The Kier molecular flexibility index (Phi) is 5.13. The van der Waals surface area contributed by atoms with E-state index in [1.54, 1.807) is 16.7 Å². The lowest BCUT2D eigenvalue weighted by molar-refractivity contribution is -0.121. The molecule has 1 saturated carbocycles. The Hall–Kier alpha value is -1.66. The summed E-state index contributed by atoms with van der Waals surface area (Å²) in [6.07, 6.45) is 4.96. The van der Waals surface area contributed by atoms with Gasteiger partial charge in [-0.1, -0.05) is 24.4 Å². The van der Waals surface area contributed by atoms with Crippen molar-refractivity contribution in [2.45, 2.75) is 32.2 Å². The standard InChI is InChI=1S/C16H19ClN4OS/c17-13-7-5-12(6-8-13)15-19-20-16(23)21(15)10-14(22)18-9-11-3-1-2-4-11/h5-8,11H,1-4,9-10H2,(H,18,22)(H,20,23). The highest BCUT2D eigenvalue weighted by molar-refractivity contribution is 7.71. The molecule has 2 N–H and O–H groups in total. The van der Waals surface area contributed by atoms with Crippen LogP contribution in [-0.2, 0) is 11.3 Å². The van der Waals surface area contributed by atoms with Gasteiger partial charge < -0.3 is 5.32 Å². The zero-order valence-electron chi connectivity index (χ0n) is 12.7. The summed E-state index contributed by atoms with van der Waals surface area (Å²) in [5.41, 5.74) is 0.866. The Balaban J connectivity index is 1.69. The van der Waals surface area contributed by atoms with Gasteiger partial charge in [0, 0.05) is 17.1 Å². The Labute approximate surface area is 145 Å². The van der Waals surface area contributed by atoms with Gasteiger partial charge in [0.15, 0.2) is 10.6 Å². The zero-order chi connectivity index (χ0) is 16.2. The summed E-state index contributed by atoms with van der Waals surface area (Å²) in [6, 6.07) is 7.30. The zero-order valence-corrected chi connectivity index (χ0v) is 14.3. The van der Waals surface area contributed by atoms with Gasteiger partial charge in [0.05, 0.1) is 0 Å². The maximum absolute atomic E-state index is 12.2. The summed E-state index contributed by atoms with van der Waals surface area (Å²) in [6.45, 7) is 0.917. The van der Waals surface area contributed by atoms with E-state index in [9.17, 15) is 4.79 Å². The molecule has 5 nitrogen and oxygen atoms in total. The molecule has 0 aliphatic heterocycles. The number of aromatic nitrogens is 3. The van der Waals surface area contributed by atoms with Crippen LogP contribution >= 0.6 is 23.8 Å². The normalized spacial score (nSPS) is 15.0. The van der Waals surface area contributed by atoms with Crippen LogP contribution in [0.15, 0.2) is 24.3 Å². The molecule has 0 radical (unpaired) electrons. The first kappa shape index (κ1) is 16.2. The summed E-state index contributed by atoms with van der Waals surface area (Å²) >= 11 is 11.2. The molecule has 1 aliphatic carbocycles. The van der Waals surface area contributed by atoms with Crippen LogP contribution in [0.5, 0.6) is 0 Å². The monoisotopic (exact) mass is 350 g/mol. The second-order valence-electron chi connectivity index (χ2n) is 5.90. The molecular formula is C16H19ClN4OS. The number of hydrogen-bond acceptors (Lipinski definition) is 3. The van der Waals surface area contributed by atoms with E-state index in [1.165, 1.54) is 25.7 Å². The molecule has 1 aromatic heterocycles. The molecule has 1 aliphatic rings. The number of benzene rings is 1. The number of hydrogen-bond donors (Lipinski definition) is 2. The molecule has 0 spiro atoms. The number of rotatable bonds is 5. The fourth-order valence-electron chi connectivity index (χ4n) is 2.96. The van der Waals surface area contributed by atoms with E-state index in [4.69, 9.17) is 23.8 Å². The van der Waals surface area contributed by atoms with Crippen molar-refractivity contribution < 1.29 is 4.79 Å². The van der Waals surface area contributed by atoms with Crippen molar-refractivity contribution in [1.29, 1.82) is 0 Å². The lowest BCUT2D eigenvalue weighted by Gasteiger charge is -2.11. The predicted octanol–water partition coefficient (Wildman–Crippen LogP) is 3.57. The Bertz CT molecular complexity index is 731. The highest BCUT2D eigenvalue weighted by atomic mass is 35.5. The van der Waals surface area contributed by atoms with Crippen molar-refractivity contribution in [2.75, 3.05) is 6.54 Å². The Morgan fingerprint density at radius 2 is 2.04 bits per heavy atom. The van der Waals surface area contributed by atoms with Gasteiger partial charge in [0.1, 0.15) is 6.54 Å². The molecule has 0 atom stereocenters. The van der Waals surface area contributed by atoms with Crippen molar-refractivity contribution in [3.8, 4) is 11.4 Å². The summed E-state index contributed by atoms with van der Waals surface area (Å²) in [5, 5.41) is 10.6. The summed E-state index contributed by atoms with van der Waals surface area (Å²) in [4.78, 5) is 12.2. The number of H-pyrrole nitrogens is 1. The minimum atomic E-state index is -0.0374. The average molecular weight is 351 g/mol. The number of nitrogens with one attached hydrogen (secondary N) is 2. The minimum absolute atomic E-state index is 0.0374. The third-order valence-electron chi connectivity index (χ3n) is 4.23. The second-order valence-corrected chi connectivity index (χ2v) is 6.72. The molecule has 122 valence electrons. The van der Waals surface area contributed by atoms with Gasteiger partial charge >= 0.3 is 0 Å². The predicted molar refractivity (Wildman–Crippen MR) is 92.8 cm³/mol. The lowest BCUT2D eigenvalue weighted by Crippen LogP contribution is -2.31. The van der Waals surface area contributed by atoms with Crippen molar-refractivity contribution in [1.82, 2.24) is 20.1 Å². The van der Waals surface area contributed by atoms with Gasteiger partial charge in [0.25, 0.3) is 0 Å². The molecule has 23 heavy (non-hydrogen) atoms. The van der Waals surface area contributed by atoms with Gasteiger partial charge in [-0.05, 0) is 55.2 Å². The molecule has 1 heterocycles. The number of carbonyl (C=O) groups is 1. The molecular weight excluding hydrogens is 332 g/mol. The van der Waals surface area contributed by atoms with Crippen molar-refractivity contribution in [2.24, 2.45) is 5.92 Å². The van der Waals surface area contributed by atoms with Gasteiger partial charge in [-0.3, -0.25) is 14.5 Å². The van der Waals surface area contributed by atoms with E-state index in [-0.39, 0.29) is 12.5 Å². The van der Waals surface area contributed by atoms with Crippen LogP contribution in [0.2, 0.25) is 5.02 Å².